The van der Waals surface area contributed by atoms with Crippen LogP contribution in [0, 0.1) is 47.3 Å². The Kier molecular flexibility index (Phi) is 8.16. The van der Waals surface area contributed by atoms with Gasteiger partial charge in [-0.3, -0.25) is 9.80 Å². The SMILES string of the molecule is C1CCC(N2C3CCCCC3C3CC(C4CCC5C(C4)C4CCCCC4N5C4CCC5OC6CCCCC6C5C4)CCC32)CC1. The minimum Gasteiger partial charge on any atom is -0.374 e. The zero-order chi connectivity index (χ0) is 29.5. The van der Waals surface area contributed by atoms with E-state index in [1.807, 2.05) is 0 Å². The second-order valence-corrected chi connectivity index (χ2v) is 19.1. The monoisotopic (exact) mass is 617 g/mol. The van der Waals surface area contributed by atoms with E-state index < -0.39 is 0 Å². The third-order valence-corrected chi connectivity index (χ3v) is 17.5. The van der Waals surface area contributed by atoms with Crippen molar-refractivity contribution in [1.82, 2.24) is 9.80 Å². The molecule has 0 radical (unpaired) electrons. The maximum atomic E-state index is 6.76. The number of nitrogens with zero attached hydrogens (tertiary/aromatic N) is 2. The molecule has 0 spiro atoms. The Morgan fingerprint density at radius 3 is 1.49 bits per heavy atom. The molecule has 0 aromatic carbocycles. The molecule has 7 aliphatic carbocycles. The average molecular weight is 617 g/mol. The van der Waals surface area contributed by atoms with E-state index in [1.165, 1.54) is 109 Å². The lowest BCUT2D eigenvalue weighted by molar-refractivity contribution is -0.0189. The Morgan fingerprint density at radius 2 is 0.822 bits per heavy atom. The second kappa shape index (κ2) is 12.3. The van der Waals surface area contributed by atoms with Crippen LogP contribution in [-0.2, 0) is 4.74 Å². The molecule has 0 N–H and O–H groups in total. The molecule has 10 fully saturated rings. The molecule has 0 bridgehead atoms. The molecule has 10 aliphatic rings. The first-order valence-electron chi connectivity index (χ1n) is 21.5. The summed E-state index contributed by atoms with van der Waals surface area (Å²) in [4.78, 5) is 6.56. The predicted molar refractivity (Wildman–Crippen MR) is 183 cm³/mol. The van der Waals surface area contributed by atoms with Crippen LogP contribution < -0.4 is 0 Å². The van der Waals surface area contributed by atoms with E-state index in [9.17, 15) is 0 Å². The Labute approximate surface area is 276 Å². The van der Waals surface area contributed by atoms with Crippen molar-refractivity contribution in [1.29, 1.82) is 0 Å². The number of fused-ring (bicyclic) bond motifs is 9. The summed E-state index contributed by atoms with van der Waals surface area (Å²) in [5.74, 6) is 8.12. The van der Waals surface area contributed by atoms with E-state index in [2.05, 4.69) is 9.80 Å². The highest BCUT2D eigenvalue weighted by Gasteiger charge is 2.58. The summed E-state index contributed by atoms with van der Waals surface area (Å²) in [5.41, 5.74) is 0. The van der Waals surface area contributed by atoms with Gasteiger partial charge >= 0.3 is 0 Å². The molecule has 0 aromatic heterocycles. The van der Waals surface area contributed by atoms with Gasteiger partial charge in [-0.2, -0.15) is 0 Å². The number of hydrogen-bond donors (Lipinski definition) is 0. The summed E-state index contributed by atoms with van der Waals surface area (Å²) >= 11 is 0. The van der Waals surface area contributed by atoms with Crippen molar-refractivity contribution in [3.8, 4) is 0 Å². The van der Waals surface area contributed by atoms with Gasteiger partial charge in [0.2, 0.25) is 0 Å². The molecular weight excluding hydrogens is 548 g/mol. The predicted octanol–water partition coefficient (Wildman–Crippen LogP) is 9.76. The highest BCUT2D eigenvalue weighted by atomic mass is 16.5. The summed E-state index contributed by atoms with van der Waals surface area (Å²) < 4.78 is 6.76. The minimum absolute atomic E-state index is 0.620. The van der Waals surface area contributed by atoms with Gasteiger partial charge in [0, 0.05) is 36.3 Å². The summed E-state index contributed by atoms with van der Waals surface area (Å²) in [6.07, 6.45) is 40.7. The molecule has 7 saturated carbocycles. The summed E-state index contributed by atoms with van der Waals surface area (Å²) in [6, 6.07) is 5.66. The zero-order valence-corrected chi connectivity index (χ0v) is 28.9. The summed E-state index contributed by atoms with van der Waals surface area (Å²) in [6.45, 7) is 0. The average Bonchev–Trinajstić information content (AvgIpc) is 3.75. The van der Waals surface area contributed by atoms with Crippen LogP contribution in [0.3, 0.4) is 0 Å². The van der Waals surface area contributed by atoms with Crippen molar-refractivity contribution in [3.05, 3.63) is 0 Å². The zero-order valence-electron chi connectivity index (χ0n) is 28.9. The van der Waals surface area contributed by atoms with E-state index in [1.54, 1.807) is 57.8 Å². The van der Waals surface area contributed by atoms with Gasteiger partial charge < -0.3 is 4.74 Å². The van der Waals surface area contributed by atoms with Crippen molar-refractivity contribution >= 4 is 0 Å². The first-order chi connectivity index (χ1) is 22.3. The van der Waals surface area contributed by atoms with E-state index in [4.69, 9.17) is 4.74 Å². The summed E-state index contributed by atoms with van der Waals surface area (Å²) in [5, 5.41) is 0. The van der Waals surface area contributed by atoms with Crippen LogP contribution in [0.2, 0.25) is 0 Å². The lowest BCUT2D eigenvalue weighted by Gasteiger charge is -2.47. The van der Waals surface area contributed by atoms with Gasteiger partial charge in [0.1, 0.15) is 0 Å². The molecule has 0 amide bonds. The highest BCUT2D eigenvalue weighted by molar-refractivity contribution is 5.10. The molecule has 3 nitrogen and oxygen atoms in total. The van der Waals surface area contributed by atoms with Gasteiger partial charge in [-0.15, -0.1) is 0 Å². The van der Waals surface area contributed by atoms with Crippen LogP contribution >= 0.6 is 0 Å². The molecule has 3 saturated heterocycles. The maximum absolute atomic E-state index is 6.76. The molecule has 0 aromatic rings. The van der Waals surface area contributed by atoms with E-state index in [0.717, 1.165) is 83.6 Å². The Bertz CT molecular complexity index is 1040. The maximum Gasteiger partial charge on any atom is 0.0612 e. The van der Waals surface area contributed by atoms with Gasteiger partial charge in [-0.25, -0.2) is 0 Å². The largest absolute Gasteiger partial charge is 0.374 e. The van der Waals surface area contributed by atoms with Crippen LogP contribution in [-0.4, -0.2) is 58.3 Å². The quantitative estimate of drug-likeness (QED) is 0.314. The molecule has 3 heteroatoms. The van der Waals surface area contributed by atoms with Crippen molar-refractivity contribution in [2.45, 2.75) is 215 Å². The van der Waals surface area contributed by atoms with Gasteiger partial charge in [0.05, 0.1) is 12.2 Å². The Morgan fingerprint density at radius 1 is 0.311 bits per heavy atom. The van der Waals surface area contributed by atoms with Crippen LogP contribution in [0.1, 0.15) is 167 Å². The highest BCUT2D eigenvalue weighted by Crippen LogP contribution is 2.58. The number of hydrogen-bond acceptors (Lipinski definition) is 3. The third kappa shape index (κ3) is 5.02. The van der Waals surface area contributed by atoms with Crippen LogP contribution in [0.25, 0.3) is 0 Å². The standard InChI is InChI=1S/C42H68N2O/c1-2-10-29(11-3-1)43-37-15-7-4-12-31(37)34-24-27(18-21-39(34)43)28-19-22-40-35(25-28)32-13-5-8-16-38(32)44(40)30-20-23-42-36(26-30)33-14-6-9-17-41(33)45-42/h27-42H,1-26H2. The van der Waals surface area contributed by atoms with Crippen molar-refractivity contribution in [2.24, 2.45) is 47.3 Å². The Balaban J connectivity index is 0.846. The fraction of sp³-hybridized carbons (Fsp3) is 1.00. The molecule has 10 rings (SSSR count). The molecule has 45 heavy (non-hydrogen) atoms. The van der Waals surface area contributed by atoms with E-state index in [0.29, 0.717) is 12.2 Å². The second-order valence-electron chi connectivity index (χ2n) is 19.1. The lowest BCUT2D eigenvalue weighted by atomic mass is 9.62. The number of rotatable bonds is 3. The summed E-state index contributed by atoms with van der Waals surface area (Å²) in [7, 11) is 0. The van der Waals surface area contributed by atoms with Gasteiger partial charge in [0.25, 0.3) is 0 Å². The fourth-order valence-corrected chi connectivity index (χ4v) is 16.0. The van der Waals surface area contributed by atoms with Crippen molar-refractivity contribution in [2.75, 3.05) is 0 Å². The Hall–Kier alpha value is -0.120. The molecular formula is C42H68N2O. The first kappa shape index (κ1) is 29.8. The molecule has 15 atom stereocenters. The molecule has 15 unspecified atom stereocenters. The van der Waals surface area contributed by atoms with Crippen LogP contribution in [0.4, 0.5) is 0 Å². The van der Waals surface area contributed by atoms with Crippen LogP contribution in [0.5, 0.6) is 0 Å². The smallest absolute Gasteiger partial charge is 0.0612 e. The number of ether oxygens (including phenoxy) is 1. The lowest BCUT2D eigenvalue weighted by Crippen LogP contribution is -2.51. The fourth-order valence-electron chi connectivity index (χ4n) is 16.0. The van der Waals surface area contributed by atoms with E-state index >= 15 is 0 Å². The van der Waals surface area contributed by atoms with Crippen molar-refractivity contribution in [3.63, 3.8) is 0 Å². The molecule has 252 valence electrons. The topological polar surface area (TPSA) is 15.7 Å². The normalized spacial score (nSPS) is 54.0. The van der Waals surface area contributed by atoms with Crippen LogP contribution in [0.15, 0.2) is 0 Å². The molecule has 3 aliphatic heterocycles. The van der Waals surface area contributed by atoms with E-state index in [-0.39, 0.29) is 0 Å². The molecule has 3 heterocycles. The third-order valence-electron chi connectivity index (χ3n) is 17.5. The number of likely N-dealkylation sites (tertiary alicyclic amines) is 2. The van der Waals surface area contributed by atoms with Gasteiger partial charge in [-0.05, 0) is 156 Å². The first-order valence-corrected chi connectivity index (χ1v) is 21.5. The van der Waals surface area contributed by atoms with Crippen molar-refractivity contribution < 1.29 is 4.74 Å². The minimum atomic E-state index is 0.620. The van der Waals surface area contributed by atoms with Gasteiger partial charge in [-0.1, -0.05) is 57.8 Å². The van der Waals surface area contributed by atoms with Gasteiger partial charge in [0.15, 0.2) is 0 Å².